The smallest absolute Gasteiger partial charge is 0.308 e. The molecule has 1 saturated carbocycles. The average Bonchev–Trinajstić information content (AvgIpc) is 2.60. The molecule has 0 amide bonds. The van der Waals surface area contributed by atoms with E-state index in [2.05, 4.69) is 25.7 Å². The van der Waals surface area contributed by atoms with E-state index in [9.17, 15) is 9.90 Å². The van der Waals surface area contributed by atoms with E-state index < -0.39 is 5.97 Å². The van der Waals surface area contributed by atoms with Crippen LogP contribution in [0.1, 0.15) is 40.0 Å². The summed E-state index contributed by atoms with van der Waals surface area (Å²) in [4.78, 5) is 13.6. The predicted octanol–water partition coefficient (Wildman–Crippen LogP) is 2.46. The average molecular weight is 239 g/mol. The number of hydrogen-bond donors (Lipinski definition) is 1. The zero-order valence-electron chi connectivity index (χ0n) is 11.2. The van der Waals surface area contributed by atoms with E-state index in [1.165, 1.54) is 19.3 Å². The minimum absolute atomic E-state index is 0.156. The van der Waals surface area contributed by atoms with Gasteiger partial charge in [-0.3, -0.25) is 9.69 Å². The summed E-state index contributed by atoms with van der Waals surface area (Å²) >= 11 is 0. The normalized spacial score (nSPS) is 43.8. The van der Waals surface area contributed by atoms with Crippen molar-refractivity contribution in [1.82, 2.24) is 4.90 Å². The van der Waals surface area contributed by atoms with Crippen LogP contribution in [0.25, 0.3) is 0 Å². The van der Waals surface area contributed by atoms with Gasteiger partial charge in [-0.25, -0.2) is 0 Å². The second-order valence-electron chi connectivity index (χ2n) is 6.25. The number of nitrogens with zero attached hydrogens (tertiary/aromatic N) is 1. The first-order valence-electron chi connectivity index (χ1n) is 6.97. The van der Waals surface area contributed by atoms with Crippen molar-refractivity contribution in [1.29, 1.82) is 0 Å². The van der Waals surface area contributed by atoms with Crippen LogP contribution >= 0.6 is 0 Å². The maximum atomic E-state index is 11.2. The Kier molecular flexibility index (Phi) is 3.76. The molecule has 0 radical (unpaired) electrons. The number of carbonyl (C=O) groups is 1. The van der Waals surface area contributed by atoms with Crippen LogP contribution in [-0.4, -0.2) is 35.1 Å². The maximum Gasteiger partial charge on any atom is 0.308 e. The Bertz CT molecular complexity index is 282. The van der Waals surface area contributed by atoms with Crippen molar-refractivity contribution >= 4 is 5.97 Å². The third kappa shape index (κ3) is 2.49. The molecule has 2 fully saturated rings. The molecular weight excluding hydrogens is 214 g/mol. The highest BCUT2D eigenvalue weighted by Crippen LogP contribution is 2.36. The summed E-state index contributed by atoms with van der Waals surface area (Å²) in [5, 5.41) is 9.20. The van der Waals surface area contributed by atoms with Gasteiger partial charge in [0, 0.05) is 19.1 Å². The third-order valence-corrected chi connectivity index (χ3v) is 4.86. The summed E-state index contributed by atoms with van der Waals surface area (Å²) < 4.78 is 0. The number of carboxylic acid groups (broad SMARTS) is 1. The van der Waals surface area contributed by atoms with Crippen molar-refractivity contribution in [3.63, 3.8) is 0 Å². The molecule has 0 aromatic carbocycles. The lowest BCUT2D eigenvalue weighted by Crippen LogP contribution is -2.45. The third-order valence-electron chi connectivity index (χ3n) is 4.86. The van der Waals surface area contributed by atoms with E-state index in [1.807, 2.05) is 0 Å². The standard InChI is InChI=1S/C14H25NO2/c1-9-5-4-6-10(2)13(9)15-7-11(3)12(8-15)14(16)17/h9-13H,4-8H2,1-3H3,(H,16,17)/t9?,10?,11-,12-,13?/m1/s1. The van der Waals surface area contributed by atoms with Gasteiger partial charge in [-0.05, 0) is 30.6 Å². The molecule has 0 bridgehead atoms. The number of aliphatic carboxylic acids is 1. The van der Waals surface area contributed by atoms with Crippen LogP contribution in [0.15, 0.2) is 0 Å². The topological polar surface area (TPSA) is 40.5 Å². The summed E-state index contributed by atoms with van der Waals surface area (Å²) in [6.07, 6.45) is 3.94. The SMILES string of the molecule is CC1CCCC(C)C1N1C[C@@H](C)[C@H](C(=O)O)C1. The van der Waals surface area contributed by atoms with Gasteiger partial charge in [0.2, 0.25) is 0 Å². The number of carboxylic acids is 1. The molecule has 3 heteroatoms. The van der Waals surface area contributed by atoms with Crippen molar-refractivity contribution in [2.75, 3.05) is 13.1 Å². The molecule has 3 nitrogen and oxygen atoms in total. The molecule has 2 aliphatic rings. The first-order chi connectivity index (χ1) is 8.00. The van der Waals surface area contributed by atoms with Gasteiger partial charge in [0.25, 0.3) is 0 Å². The molecule has 0 aromatic rings. The highest BCUT2D eigenvalue weighted by Gasteiger charge is 2.41. The van der Waals surface area contributed by atoms with Gasteiger partial charge in [-0.1, -0.05) is 27.2 Å². The number of hydrogen-bond acceptors (Lipinski definition) is 2. The predicted molar refractivity (Wildman–Crippen MR) is 67.8 cm³/mol. The van der Waals surface area contributed by atoms with Crippen LogP contribution in [0.3, 0.4) is 0 Å². The second kappa shape index (κ2) is 4.97. The molecule has 1 aliphatic heterocycles. The lowest BCUT2D eigenvalue weighted by molar-refractivity contribution is -0.142. The van der Waals surface area contributed by atoms with Crippen LogP contribution in [0.2, 0.25) is 0 Å². The van der Waals surface area contributed by atoms with E-state index in [1.54, 1.807) is 0 Å². The van der Waals surface area contributed by atoms with Gasteiger partial charge >= 0.3 is 5.97 Å². The molecule has 1 N–H and O–H groups in total. The fourth-order valence-corrected chi connectivity index (χ4v) is 3.95. The Morgan fingerprint density at radius 3 is 2.12 bits per heavy atom. The minimum Gasteiger partial charge on any atom is -0.481 e. The van der Waals surface area contributed by atoms with Crippen molar-refractivity contribution in [3.8, 4) is 0 Å². The molecule has 17 heavy (non-hydrogen) atoms. The maximum absolute atomic E-state index is 11.2. The zero-order valence-corrected chi connectivity index (χ0v) is 11.2. The molecule has 2 unspecified atom stereocenters. The van der Waals surface area contributed by atoms with Crippen molar-refractivity contribution in [3.05, 3.63) is 0 Å². The van der Waals surface area contributed by atoms with Gasteiger partial charge < -0.3 is 5.11 Å². The van der Waals surface area contributed by atoms with Crippen molar-refractivity contribution in [2.45, 2.75) is 46.1 Å². The molecule has 98 valence electrons. The van der Waals surface area contributed by atoms with Gasteiger partial charge in [-0.2, -0.15) is 0 Å². The quantitative estimate of drug-likeness (QED) is 0.804. The van der Waals surface area contributed by atoms with E-state index in [0.717, 1.165) is 24.9 Å². The first-order valence-corrected chi connectivity index (χ1v) is 6.97. The monoisotopic (exact) mass is 239 g/mol. The second-order valence-corrected chi connectivity index (χ2v) is 6.25. The molecule has 2 rings (SSSR count). The van der Waals surface area contributed by atoms with Gasteiger partial charge in [0.05, 0.1) is 5.92 Å². The summed E-state index contributed by atoms with van der Waals surface area (Å²) in [7, 11) is 0. The highest BCUT2D eigenvalue weighted by atomic mass is 16.4. The molecular formula is C14H25NO2. The van der Waals surface area contributed by atoms with Gasteiger partial charge in [0.15, 0.2) is 0 Å². The number of rotatable bonds is 2. The number of likely N-dealkylation sites (tertiary alicyclic amines) is 1. The summed E-state index contributed by atoms with van der Waals surface area (Å²) in [6.45, 7) is 8.47. The van der Waals surface area contributed by atoms with E-state index in [4.69, 9.17) is 0 Å². The Morgan fingerprint density at radius 2 is 1.65 bits per heavy atom. The highest BCUT2D eigenvalue weighted by molar-refractivity contribution is 5.71. The van der Waals surface area contributed by atoms with Gasteiger partial charge in [0.1, 0.15) is 0 Å². The molecule has 4 atom stereocenters. The molecule has 0 aromatic heterocycles. The molecule has 0 spiro atoms. The Balaban J connectivity index is 2.05. The van der Waals surface area contributed by atoms with Crippen molar-refractivity contribution < 1.29 is 9.90 Å². The fourth-order valence-electron chi connectivity index (χ4n) is 3.95. The fraction of sp³-hybridized carbons (Fsp3) is 0.929. The summed E-state index contributed by atoms with van der Waals surface area (Å²) in [6, 6.07) is 0.607. The lowest BCUT2D eigenvalue weighted by atomic mass is 9.78. The Labute approximate surface area is 104 Å². The first kappa shape index (κ1) is 12.9. The summed E-state index contributed by atoms with van der Waals surface area (Å²) in [5.41, 5.74) is 0. The van der Waals surface area contributed by atoms with Crippen LogP contribution in [-0.2, 0) is 4.79 Å². The van der Waals surface area contributed by atoms with E-state index in [0.29, 0.717) is 12.0 Å². The molecule has 1 heterocycles. The van der Waals surface area contributed by atoms with Crippen LogP contribution < -0.4 is 0 Å². The van der Waals surface area contributed by atoms with Crippen LogP contribution in [0, 0.1) is 23.7 Å². The zero-order chi connectivity index (χ0) is 12.6. The largest absolute Gasteiger partial charge is 0.481 e. The minimum atomic E-state index is -0.615. The van der Waals surface area contributed by atoms with Crippen LogP contribution in [0.5, 0.6) is 0 Å². The van der Waals surface area contributed by atoms with Crippen LogP contribution in [0.4, 0.5) is 0 Å². The molecule has 1 saturated heterocycles. The Morgan fingerprint density at radius 1 is 1.06 bits per heavy atom. The Hall–Kier alpha value is -0.570. The van der Waals surface area contributed by atoms with Crippen molar-refractivity contribution in [2.24, 2.45) is 23.7 Å². The van der Waals surface area contributed by atoms with Gasteiger partial charge in [-0.15, -0.1) is 0 Å². The summed E-state index contributed by atoms with van der Waals surface area (Å²) in [5.74, 6) is 0.971. The lowest BCUT2D eigenvalue weighted by Gasteiger charge is -2.41. The van der Waals surface area contributed by atoms with E-state index >= 15 is 0 Å². The van der Waals surface area contributed by atoms with E-state index in [-0.39, 0.29) is 5.92 Å². The molecule has 1 aliphatic carbocycles.